The van der Waals surface area contributed by atoms with Gasteiger partial charge >= 0.3 is 12.1 Å². The number of aliphatic hydroxyl groups is 2. The van der Waals surface area contributed by atoms with Crippen LogP contribution >= 0.6 is 0 Å². The minimum Gasteiger partial charge on any atom is -0.395 e. The Morgan fingerprint density at radius 2 is 1.65 bits per heavy atom. The standard InChI is InChI=1S/C9H17F3N2O3/c10-9(11,12)8(17)13-2-1-3-14(4-6-15)5-7-16/h15-16H,1-7H2,(H,13,17). The molecule has 5 nitrogen and oxygen atoms in total. The largest absolute Gasteiger partial charge is 0.471 e. The maximum atomic E-state index is 11.8. The van der Waals surface area contributed by atoms with Gasteiger partial charge in [-0.05, 0) is 13.0 Å². The van der Waals surface area contributed by atoms with E-state index in [9.17, 15) is 18.0 Å². The molecular formula is C9H17F3N2O3. The van der Waals surface area contributed by atoms with E-state index in [2.05, 4.69) is 0 Å². The van der Waals surface area contributed by atoms with Crippen molar-refractivity contribution in [2.75, 3.05) is 39.4 Å². The average molecular weight is 258 g/mol. The fourth-order valence-corrected chi connectivity index (χ4v) is 1.22. The van der Waals surface area contributed by atoms with Crippen molar-refractivity contribution >= 4 is 5.91 Å². The van der Waals surface area contributed by atoms with E-state index in [4.69, 9.17) is 10.2 Å². The third-order valence-corrected chi connectivity index (χ3v) is 2.03. The van der Waals surface area contributed by atoms with Crippen molar-refractivity contribution < 1.29 is 28.2 Å². The highest BCUT2D eigenvalue weighted by Gasteiger charge is 2.38. The number of nitrogens with zero attached hydrogens (tertiary/aromatic N) is 1. The van der Waals surface area contributed by atoms with Gasteiger partial charge in [0.15, 0.2) is 0 Å². The summed E-state index contributed by atoms with van der Waals surface area (Å²) in [6.07, 6.45) is -4.53. The second kappa shape index (κ2) is 8.26. The monoisotopic (exact) mass is 258 g/mol. The van der Waals surface area contributed by atoms with E-state index in [1.807, 2.05) is 0 Å². The van der Waals surface area contributed by atoms with E-state index in [-0.39, 0.29) is 19.8 Å². The topological polar surface area (TPSA) is 72.8 Å². The molecule has 0 unspecified atom stereocenters. The number of carbonyl (C=O) groups is 1. The lowest BCUT2D eigenvalue weighted by molar-refractivity contribution is -0.173. The van der Waals surface area contributed by atoms with E-state index in [1.165, 1.54) is 0 Å². The first-order chi connectivity index (χ1) is 7.91. The van der Waals surface area contributed by atoms with E-state index < -0.39 is 12.1 Å². The molecule has 0 saturated heterocycles. The lowest BCUT2D eigenvalue weighted by atomic mass is 10.3. The molecule has 0 bridgehead atoms. The smallest absolute Gasteiger partial charge is 0.395 e. The number of aliphatic hydroxyl groups excluding tert-OH is 2. The molecule has 3 N–H and O–H groups in total. The first-order valence-electron chi connectivity index (χ1n) is 5.21. The molecule has 17 heavy (non-hydrogen) atoms. The molecule has 8 heteroatoms. The molecule has 0 aliphatic rings. The molecule has 0 atom stereocenters. The third-order valence-electron chi connectivity index (χ3n) is 2.03. The van der Waals surface area contributed by atoms with Gasteiger partial charge in [0.05, 0.1) is 13.2 Å². The maximum absolute atomic E-state index is 11.8. The summed E-state index contributed by atoms with van der Waals surface area (Å²) >= 11 is 0. The maximum Gasteiger partial charge on any atom is 0.471 e. The summed E-state index contributed by atoms with van der Waals surface area (Å²) in [5.74, 6) is -1.95. The lowest BCUT2D eigenvalue weighted by Gasteiger charge is -2.19. The number of carbonyl (C=O) groups excluding carboxylic acids is 1. The summed E-state index contributed by atoms with van der Waals surface area (Å²) in [5, 5.41) is 19.1. The number of alkyl halides is 3. The molecule has 0 rings (SSSR count). The molecule has 1 amide bonds. The van der Waals surface area contributed by atoms with Gasteiger partial charge in [-0.25, -0.2) is 0 Å². The van der Waals surface area contributed by atoms with Crippen LogP contribution in [0.15, 0.2) is 0 Å². The van der Waals surface area contributed by atoms with Crippen LogP contribution in [0.5, 0.6) is 0 Å². The van der Waals surface area contributed by atoms with Crippen molar-refractivity contribution in [3.63, 3.8) is 0 Å². The van der Waals surface area contributed by atoms with Gasteiger partial charge in [-0.3, -0.25) is 9.69 Å². The highest BCUT2D eigenvalue weighted by Crippen LogP contribution is 2.13. The van der Waals surface area contributed by atoms with Crippen LogP contribution in [-0.2, 0) is 4.79 Å². The van der Waals surface area contributed by atoms with Crippen LogP contribution in [0.25, 0.3) is 0 Å². The predicted octanol–water partition coefficient (Wildman–Crippen LogP) is -0.658. The van der Waals surface area contributed by atoms with Crippen LogP contribution in [0.4, 0.5) is 13.2 Å². The Morgan fingerprint density at radius 3 is 2.06 bits per heavy atom. The molecule has 0 radical (unpaired) electrons. The summed E-state index contributed by atoms with van der Waals surface area (Å²) in [7, 11) is 0. The first kappa shape index (κ1) is 16.1. The number of nitrogens with one attached hydrogen (secondary N) is 1. The van der Waals surface area contributed by atoms with Crippen molar-refractivity contribution in [3.05, 3.63) is 0 Å². The Hall–Kier alpha value is -0.860. The molecule has 0 fully saturated rings. The third kappa shape index (κ3) is 7.94. The second-order valence-corrected chi connectivity index (χ2v) is 3.40. The highest BCUT2D eigenvalue weighted by atomic mass is 19.4. The Kier molecular flexibility index (Phi) is 7.85. The normalized spacial score (nSPS) is 11.9. The van der Waals surface area contributed by atoms with Crippen LogP contribution < -0.4 is 5.32 Å². The van der Waals surface area contributed by atoms with Crippen molar-refractivity contribution in [2.45, 2.75) is 12.6 Å². The van der Waals surface area contributed by atoms with Crippen molar-refractivity contribution in [1.82, 2.24) is 10.2 Å². The summed E-state index contributed by atoms with van der Waals surface area (Å²) in [5.41, 5.74) is 0. The van der Waals surface area contributed by atoms with Crippen LogP contribution in [-0.4, -0.2) is 66.6 Å². The Balaban J connectivity index is 3.71. The number of halogens is 3. The minimum atomic E-state index is -4.85. The van der Waals surface area contributed by atoms with Gasteiger partial charge in [0.25, 0.3) is 0 Å². The van der Waals surface area contributed by atoms with Crippen LogP contribution in [0.1, 0.15) is 6.42 Å². The molecule has 0 saturated carbocycles. The van der Waals surface area contributed by atoms with Crippen molar-refractivity contribution in [1.29, 1.82) is 0 Å². The summed E-state index contributed by atoms with van der Waals surface area (Å²) in [6.45, 7) is 0.816. The van der Waals surface area contributed by atoms with Gasteiger partial charge in [-0.15, -0.1) is 0 Å². The lowest BCUT2D eigenvalue weighted by Crippen LogP contribution is -2.39. The first-order valence-corrected chi connectivity index (χ1v) is 5.21. The van der Waals surface area contributed by atoms with Crippen LogP contribution in [0, 0.1) is 0 Å². The van der Waals surface area contributed by atoms with Gasteiger partial charge in [-0.2, -0.15) is 13.2 Å². The fourth-order valence-electron chi connectivity index (χ4n) is 1.22. The van der Waals surface area contributed by atoms with Gasteiger partial charge in [0.2, 0.25) is 0 Å². The Labute approximate surface area is 97.2 Å². The van der Waals surface area contributed by atoms with Crippen molar-refractivity contribution in [2.24, 2.45) is 0 Å². The predicted molar refractivity (Wildman–Crippen MR) is 54.3 cm³/mol. The summed E-state index contributed by atoms with van der Waals surface area (Å²) in [6, 6.07) is 0. The second-order valence-electron chi connectivity index (χ2n) is 3.40. The number of amides is 1. The zero-order chi connectivity index (χ0) is 13.3. The van der Waals surface area contributed by atoms with E-state index >= 15 is 0 Å². The summed E-state index contributed by atoms with van der Waals surface area (Å²) in [4.78, 5) is 12.1. The zero-order valence-electron chi connectivity index (χ0n) is 9.33. The van der Waals surface area contributed by atoms with Crippen molar-refractivity contribution in [3.8, 4) is 0 Å². The minimum absolute atomic E-state index is 0.0884. The number of rotatable bonds is 8. The average Bonchev–Trinajstić information content (AvgIpc) is 2.23. The Morgan fingerprint density at radius 1 is 1.12 bits per heavy atom. The molecule has 0 aliphatic carbocycles. The highest BCUT2D eigenvalue weighted by molar-refractivity contribution is 5.81. The van der Waals surface area contributed by atoms with E-state index in [0.717, 1.165) is 0 Å². The molecule has 0 aliphatic heterocycles. The van der Waals surface area contributed by atoms with Gasteiger partial charge < -0.3 is 15.5 Å². The summed E-state index contributed by atoms with van der Waals surface area (Å²) < 4.78 is 35.4. The zero-order valence-corrected chi connectivity index (χ0v) is 9.33. The van der Waals surface area contributed by atoms with Gasteiger partial charge in [0.1, 0.15) is 0 Å². The molecule has 102 valence electrons. The fraction of sp³-hybridized carbons (Fsp3) is 0.889. The Bertz CT molecular complexity index is 218. The molecule has 0 heterocycles. The van der Waals surface area contributed by atoms with Crippen LogP contribution in [0.2, 0.25) is 0 Å². The number of hydrogen-bond acceptors (Lipinski definition) is 4. The van der Waals surface area contributed by atoms with Gasteiger partial charge in [0, 0.05) is 19.6 Å². The van der Waals surface area contributed by atoms with Crippen LogP contribution in [0.3, 0.4) is 0 Å². The van der Waals surface area contributed by atoms with Gasteiger partial charge in [-0.1, -0.05) is 0 Å². The molecule has 0 spiro atoms. The number of hydrogen-bond donors (Lipinski definition) is 3. The molecule has 0 aromatic rings. The quantitative estimate of drug-likeness (QED) is 0.505. The molecule has 0 aromatic carbocycles. The molecular weight excluding hydrogens is 241 g/mol. The SMILES string of the molecule is O=C(NCCCN(CCO)CCO)C(F)(F)F. The molecule has 0 aromatic heterocycles. The van der Waals surface area contributed by atoms with E-state index in [0.29, 0.717) is 26.1 Å². The van der Waals surface area contributed by atoms with E-state index in [1.54, 1.807) is 10.2 Å².